The Bertz CT molecular complexity index is 527. The standard InChI is InChI=1S/C17H24N2O4/c1-3-10-23-15-5-4-14(13-16(15)21-2)17(20)18-6-7-19-8-11-22-12-9-19/h3-5,13H,1,6-12H2,2H3,(H,18,20). The van der Waals surface area contributed by atoms with E-state index in [2.05, 4.69) is 16.8 Å². The maximum Gasteiger partial charge on any atom is 0.251 e. The molecule has 0 bridgehead atoms. The zero-order chi connectivity index (χ0) is 16.5. The molecular formula is C17H24N2O4. The van der Waals surface area contributed by atoms with Crippen molar-refractivity contribution < 1.29 is 19.0 Å². The van der Waals surface area contributed by atoms with Gasteiger partial charge in [-0.25, -0.2) is 0 Å². The third-order valence-corrected chi connectivity index (χ3v) is 3.60. The lowest BCUT2D eigenvalue weighted by Gasteiger charge is -2.26. The molecule has 1 N–H and O–H groups in total. The summed E-state index contributed by atoms with van der Waals surface area (Å²) in [6.45, 7) is 8.78. The van der Waals surface area contributed by atoms with Crippen LogP contribution >= 0.6 is 0 Å². The molecule has 0 aliphatic carbocycles. The lowest BCUT2D eigenvalue weighted by Crippen LogP contribution is -2.41. The number of carbonyl (C=O) groups excluding carboxylic acids is 1. The maximum absolute atomic E-state index is 12.2. The molecule has 0 unspecified atom stereocenters. The van der Waals surface area contributed by atoms with E-state index < -0.39 is 0 Å². The van der Waals surface area contributed by atoms with E-state index in [1.807, 2.05) is 0 Å². The number of amides is 1. The van der Waals surface area contributed by atoms with Gasteiger partial charge in [-0.3, -0.25) is 9.69 Å². The first kappa shape index (κ1) is 17.3. The van der Waals surface area contributed by atoms with Crippen molar-refractivity contribution in [1.29, 1.82) is 0 Å². The topological polar surface area (TPSA) is 60.0 Å². The SMILES string of the molecule is C=CCOc1ccc(C(=O)NCCN2CCOCC2)cc1OC. The highest BCUT2D eigenvalue weighted by molar-refractivity contribution is 5.94. The summed E-state index contributed by atoms with van der Waals surface area (Å²) in [5.41, 5.74) is 0.551. The van der Waals surface area contributed by atoms with Crippen molar-refractivity contribution in [2.75, 3.05) is 53.1 Å². The van der Waals surface area contributed by atoms with E-state index in [9.17, 15) is 4.79 Å². The number of ether oxygens (including phenoxy) is 3. The number of nitrogens with zero attached hydrogens (tertiary/aromatic N) is 1. The fraction of sp³-hybridized carbons (Fsp3) is 0.471. The molecule has 1 amide bonds. The quantitative estimate of drug-likeness (QED) is 0.732. The van der Waals surface area contributed by atoms with Crippen LogP contribution in [0.15, 0.2) is 30.9 Å². The molecule has 0 aromatic heterocycles. The van der Waals surface area contributed by atoms with Crippen LogP contribution in [0.1, 0.15) is 10.4 Å². The van der Waals surface area contributed by atoms with E-state index in [0.717, 1.165) is 32.8 Å². The van der Waals surface area contributed by atoms with Gasteiger partial charge in [0.15, 0.2) is 11.5 Å². The first-order chi connectivity index (χ1) is 11.2. The summed E-state index contributed by atoms with van der Waals surface area (Å²) in [6.07, 6.45) is 1.66. The Morgan fingerprint density at radius 1 is 1.39 bits per heavy atom. The van der Waals surface area contributed by atoms with Crippen LogP contribution in [0.4, 0.5) is 0 Å². The summed E-state index contributed by atoms with van der Waals surface area (Å²) in [5.74, 6) is 1.01. The van der Waals surface area contributed by atoms with Crippen molar-refractivity contribution in [1.82, 2.24) is 10.2 Å². The molecule has 1 fully saturated rings. The zero-order valence-electron chi connectivity index (χ0n) is 13.5. The summed E-state index contributed by atoms with van der Waals surface area (Å²) in [5, 5.41) is 2.93. The Morgan fingerprint density at radius 2 is 2.17 bits per heavy atom. The molecule has 1 heterocycles. The first-order valence-electron chi connectivity index (χ1n) is 7.74. The Morgan fingerprint density at radius 3 is 2.87 bits per heavy atom. The third-order valence-electron chi connectivity index (χ3n) is 3.60. The molecule has 1 aliphatic rings. The second-order valence-corrected chi connectivity index (χ2v) is 5.18. The molecule has 0 atom stereocenters. The molecule has 0 radical (unpaired) electrons. The summed E-state index contributed by atoms with van der Waals surface area (Å²) >= 11 is 0. The molecule has 23 heavy (non-hydrogen) atoms. The van der Waals surface area contributed by atoms with Gasteiger partial charge in [0.05, 0.1) is 20.3 Å². The van der Waals surface area contributed by atoms with Gasteiger partial charge in [-0.1, -0.05) is 12.7 Å². The molecule has 6 heteroatoms. The highest BCUT2D eigenvalue weighted by atomic mass is 16.5. The highest BCUT2D eigenvalue weighted by Crippen LogP contribution is 2.28. The monoisotopic (exact) mass is 320 g/mol. The smallest absolute Gasteiger partial charge is 0.251 e. The zero-order valence-corrected chi connectivity index (χ0v) is 13.5. The van der Waals surface area contributed by atoms with E-state index in [-0.39, 0.29) is 5.91 Å². The molecule has 0 spiro atoms. The highest BCUT2D eigenvalue weighted by Gasteiger charge is 2.13. The van der Waals surface area contributed by atoms with Crippen LogP contribution in [0.25, 0.3) is 0 Å². The molecular weight excluding hydrogens is 296 g/mol. The Labute approximate surface area is 137 Å². The van der Waals surface area contributed by atoms with Gasteiger partial charge in [-0.2, -0.15) is 0 Å². The van der Waals surface area contributed by atoms with Crippen LogP contribution in [0.3, 0.4) is 0 Å². The number of nitrogens with one attached hydrogen (secondary N) is 1. The Hall–Kier alpha value is -2.05. The molecule has 2 rings (SSSR count). The minimum atomic E-state index is -0.119. The summed E-state index contributed by atoms with van der Waals surface area (Å²) < 4.78 is 16.1. The molecule has 6 nitrogen and oxygen atoms in total. The predicted octanol–water partition coefficient (Wildman–Crippen LogP) is 1.32. The number of carbonyl (C=O) groups is 1. The van der Waals surface area contributed by atoms with Gasteiger partial charge in [0.25, 0.3) is 5.91 Å². The minimum Gasteiger partial charge on any atom is -0.493 e. The van der Waals surface area contributed by atoms with Gasteiger partial charge < -0.3 is 19.5 Å². The van der Waals surface area contributed by atoms with Crippen LogP contribution in [0.2, 0.25) is 0 Å². The molecule has 1 aliphatic heterocycles. The first-order valence-corrected chi connectivity index (χ1v) is 7.74. The van der Waals surface area contributed by atoms with Crippen LogP contribution < -0.4 is 14.8 Å². The Kier molecular flexibility index (Phi) is 6.90. The normalized spacial score (nSPS) is 15.0. The summed E-state index contributed by atoms with van der Waals surface area (Å²) in [4.78, 5) is 14.5. The number of benzene rings is 1. The lowest BCUT2D eigenvalue weighted by atomic mass is 10.2. The van der Waals surface area contributed by atoms with Gasteiger partial charge in [0.1, 0.15) is 6.61 Å². The van der Waals surface area contributed by atoms with Crippen LogP contribution in [-0.2, 0) is 4.74 Å². The van der Waals surface area contributed by atoms with Gasteiger partial charge in [0.2, 0.25) is 0 Å². The van der Waals surface area contributed by atoms with E-state index in [4.69, 9.17) is 14.2 Å². The van der Waals surface area contributed by atoms with Crippen LogP contribution in [0, 0.1) is 0 Å². The molecule has 0 saturated carbocycles. The van der Waals surface area contributed by atoms with E-state index in [0.29, 0.717) is 30.2 Å². The molecule has 126 valence electrons. The van der Waals surface area contributed by atoms with Gasteiger partial charge in [-0.15, -0.1) is 0 Å². The fourth-order valence-corrected chi connectivity index (χ4v) is 2.33. The van der Waals surface area contributed by atoms with E-state index in [1.54, 1.807) is 31.4 Å². The number of morpholine rings is 1. The second-order valence-electron chi connectivity index (χ2n) is 5.18. The molecule has 1 aromatic rings. The van der Waals surface area contributed by atoms with Crippen LogP contribution in [0.5, 0.6) is 11.5 Å². The van der Waals surface area contributed by atoms with Crippen LogP contribution in [-0.4, -0.2) is 63.9 Å². The van der Waals surface area contributed by atoms with Crippen molar-refractivity contribution in [2.45, 2.75) is 0 Å². The number of hydrogen-bond donors (Lipinski definition) is 1. The van der Waals surface area contributed by atoms with Crippen molar-refractivity contribution in [3.8, 4) is 11.5 Å². The van der Waals surface area contributed by atoms with Gasteiger partial charge >= 0.3 is 0 Å². The second kappa shape index (κ2) is 9.17. The predicted molar refractivity (Wildman–Crippen MR) is 88.3 cm³/mol. The lowest BCUT2D eigenvalue weighted by molar-refractivity contribution is 0.0383. The fourth-order valence-electron chi connectivity index (χ4n) is 2.33. The van der Waals surface area contributed by atoms with Crippen molar-refractivity contribution in [2.24, 2.45) is 0 Å². The largest absolute Gasteiger partial charge is 0.493 e. The summed E-state index contributed by atoms with van der Waals surface area (Å²) in [7, 11) is 1.55. The number of hydrogen-bond acceptors (Lipinski definition) is 5. The van der Waals surface area contributed by atoms with Crippen molar-refractivity contribution in [3.05, 3.63) is 36.4 Å². The maximum atomic E-state index is 12.2. The Balaban J connectivity index is 1.86. The van der Waals surface area contributed by atoms with E-state index >= 15 is 0 Å². The number of rotatable bonds is 8. The summed E-state index contributed by atoms with van der Waals surface area (Å²) in [6, 6.07) is 5.15. The average Bonchev–Trinajstić information content (AvgIpc) is 2.60. The third kappa shape index (κ3) is 5.26. The average molecular weight is 320 g/mol. The van der Waals surface area contributed by atoms with Crippen molar-refractivity contribution in [3.63, 3.8) is 0 Å². The minimum absolute atomic E-state index is 0.119. The van der Waals surface area contributed by atoms with Crippen molar-refractivity contribution >= 4 is 5.91 Å². The van der Waals surface area contributed by atoms with Gasteiger partial charge in [0, 0.05) is 31.7 Å². The van der Waals surface area contributed by atoms with Gasteiger partial charge in [-0.05, 0) is 18.2 Å². The molecule has 1 saturated heterocycles. The number of methoxy groups -OCH3 is 1. The molecule has 1 aromatic carbocycles. The van der Waals surface area contributed by atoms with E-state index in [1.165, 1.54) is 0 Å².